The molecule has 1 aliphatic rings. The number of unbranched alkanes of at least 4 members (excludes halogenated alkanes) is 6. The van der Waals surface area contributed by atoms with Crippen LogP contribution >= 0.6 is 0 Å². The minimum atomic E-state index is -0.852. The van der Waals surface area contributed by atoms with Crippen molar-refractivity contribution >= 4 is 5.97 Å². The van der Waals surface area contributed by atoms with Gasteiger partial charge in [0, 0.05) is 0 Å². The van der Waals surface area contributed by atoms with Gasteiger partial charge in [-0.05, 0) is 48.8 Å². The van der Waals surface area contributed by atoms with Gasteiger partial charge in [0.1, 0.15) is 0 Å². The first-order valence-electron chi connectivity index (χ1n) is 10.1. The van der Waals surface area contributed by atoms with Crippen molar-refractivity contribution in [3.63, 3.8) is 0 Å². The molecule has 1 aromatic carbocycles. The van der Waals surface area contributed by atoms with Gasteiger partial charge in [-0.15, -0.1) is 0 Å². The van der Waals surface area contributed by atoms with Crippen LogP contribution in [0, 0.1) is 5.92 Å². The fraction of sp³-hybridized carbons (Fsp3) is 0.458. The van der Waals surface area contributed by atoms with Gasteiger partial charge in [-0.2, -0.15) is 0 Å². The third-order valence-electron chi connectivity index (χ3n) is 4.95. The highest BCUT2D eigenvalue weighted by molar-refractivity contribution is 5.87. The van der Waals surface area contributed by atoms with E-state index < -0.39 is 5.97 Å². The van der Waals surface area contributed by atoms with Crippen molar-refractivity contribution in [2.75, 3.05) is 0 Å². The van der Waals surface area contributed by atoms with E-state index in [1.807, 2.05) is 18.2 Å². The topological polar surface area (TPSA) is 37.3 Å². The van der Waals surface area contributed by atoms with Gasteiger partial charge in [0.05, 0.1) is 5.56 Å². The predicted molar refractivity (Wildman–Crippen MR) is 110 cm³/mol. The summed E-state index contributed by atoms with van der Waals surface area (Å²) in [5.41, 5.74) is 1.52. The molecule has 0 radical (unpaired) electrons. The second kappa shape index (κ2) is 11.5. The van der Waals surface area contributed by atoms with Crippen LogP contribution in [0.3, 0.4) is 0 Å². The molecule has 2 unspecified atom stereocenters. The molecule has 0 amide bonds. The molecule has 140 valence electrons. The first-order valence-corrected chi connectivity index (χ1v) is 10.1. The van der Waals surface area contributed by atoms with Crippen LogP contribution in [-0.4, -0.2) is 11.1 Å². The zero-order chi connectivity index (χ0) is 18.6. The molecule has 2 rings (SSSR count). The van der Waals surface area contributed by atoms with Gasteiger partial charge in [0.25, 0.3) is 0 Å². The van der Waals surface area contributed by atoms with Gasteiger partial charge in [-0.3, -0.25) is 0 Å². The number of carboxylic acid groups (broad SMARTS) is 1. The summed E-state index contributed by atoms with van der Waals surface area (Å²) in [5, 5.41) is 9.07. The smallest absolute Gasteiger partial charge is 0.335 e. The summed E-state index contributed by atoms with van der Waals surface area (Å²) in [5.74, 6) is 0.160. The molecule has 1 aliphatic carbocycles. The minimum absolute atomic E-state index is 0.382. The summed E-state index contributed by atoms with van der Waals surface area (Å²) in [7, 11) is 0. The maximum Gasteiger partial charge on any atom is 0.335 e. The summed E-state index contributed by atoms with van der Waals surface area (Å²) in [6, 6.07) is 7.33. The number of rotatable bonds is 12. The highest BCUT2D eigenvalue weighted by Gasteiger charge is 2.36. The van der Waals surface area contributed by atoms with E-state index in [9.17, 15) is 4.79 Å². The van der Waals surface area contributed by atoms with Crippen LogP contribution in [0.5, 0.6) is 0 Å². The van der Waals surface area contributed by atoms with Crippen molar-refractivity contribution in [1.82, 2.24) is 0 Å². The first kappa shape index (κ1) is 20.2. The Labute approximate surface area is 158 Å². The van der Waals surface area contributed by atoms with Gasteiger partial charge in [0.15, 0.2) is 0 Å². The molecule has 26 heavy (non-hydrogen) atoms. The third kappa shape index (κ3) is 7.43. The average molecular weight is 353 g/mol. The van der Waals surface area contributed by atoms with Crippen LogP contribution in [0.4, 0.5) is 0 Å². The Morgan fingerprint density at radius 1 is 1.08 bits per heavy atom. The summed E-state index contributed by atoms with van der Waals surface area (Å²) in [6.07, 6.45) is 23.3. The number of hydrogen-bond acceptors (Lipinski definition) is 1. The highest BCUT2D eigenvalue weighted by Crippen LogP contribution is 2.48. The van der Waals surface area contributed by atoms with Gasteiger partial charge in [-0.25, -0.2) is 4.79 Å². The molecule has 0 spiro atoms. The van der Waals surface area contributed by atoms with Crippen LogP contribution in [0.1, 0.15) is 80.1 Å². The molecule has 2 heteroatoms. The minimum Gasteiger partial charge on any atom is -0.478 e. The van der Waals surface area contributed by atoms with Gasteiger partial charge >= 0.3 is 5.97 Å². The van der Waals surface area contributed by atoms with E-state index >= 15 is 0 Å². The SMILES string of the molecule is CCCCCCCC/C=C/C=C/C=C/C1CC1c1cccc(C(=O)O)c1. The highest BCUT2D eigenvalue weighted by atomic mass is 16.4. The van der Waals surface area contributed by atoms with Gasteiger partial charge < -0.3 is 5.11 Å². The molecule has 0 aromatic heterocycles. The summed E-state index contributed by atoms with van der Waals surface area (Å²) >= 11 is 0. The lowest BCUT2D eigenvalue weighted by molar-refractivity contribution is 0.0696. The van der Waals surface area contributed by atoms with Crippen molar-refractivity contribution < 1.29 is 9.90 Å². The molecule has 0 bridgehead atoms. The summed E-state index contributed by atoms with van der Waals surface area (Å²) in [6.45, 7) is 2.25. The first-order chi connectivity index (χ1) is 12.7. The maximum absolute atomic E-state index is 11.0. The lowest BCUT2D eigenvalue weighted by Crippen LogP contribution is -1.96. The maximum atomic E-state index is 11.0. The van der Waals surface area contributed by atoms with E-state index in [0.717, 1.165) is 12.0 Å². The summed E-state index contributed by atoms with van der Waals surface area (Å²) in [4.78, 5) is 11.0. The lowest BCUT2D eigenvalue weighted by atomic mass is 10.1. The molecular weight excluding hydrogens is 320 g/mol. The molecule has 2 atom stereocenters. The number of hydrogen-bond donors (Lipinski definition) is 1. The second-order valence-electron chi connectivity index (χ2n) is 7.19. The second-order valence-corrected chi connectivity index (χ2v) is 7.19. The monoisotopic (exact) mass is 352 g/mol. The molecular formula is C24H32O2. The molecule has 0 saturated heterocycles. The zero-order valence-electron chi connectivity index (χ0n) is 15.9. The molecule has 0 heterocycles. The van der Waals surface area contributed by atoms with Crippen LogP contribution in [-0.2, 0) is 0 Å². The Balaban J connectivity index is 1.61. The molecule has 1 N–H and O–H groups in total. The summed E-state index contributed by atoms with van der Waals surface area (Å²) < 4.78 is 0. The Hall–Kier alpha value is -2.09. The normalized spacial score (nSPS) is 19.7. The Bertz CT molecular complexity index is 639. The lowest BCUT2D eigenvalue weighted by Gasteiger charge is -2.00. The van der Waals surface area contributed by atoms with Crippen LogP contribution in [0.25, 0.3) is 0 Å². The van der Waals surface area contributed by atoms with Crippen molar-refractivity contribution in [3.05, 3.63) is 71.8 Å². The van der Waals surface area contributed by atoms with Crippen molar-refractivity contribution in [2.24, 2.45) is 5.92 Å². The van der Waals surface area contributed by atoms with E-state index in [1.165, 1.54) is 44.9 Å². The fourth-order valence-electron chi connectivity index (χ4n) is 3.27. The molecule has 1 saturated carbocycles. The zero-order valence-corrected chi connectivity index (χ0v) is 15.9. The molecule has 1 fully saturated rings. The predicted octanol–water partition coefficient (Wildman–Crippen LogP) is 6.91. The third-order valence-corrected chi connectivity index (χ3v) is 4.95. The van der Waals surface area contributed by atoms with E-state index in [4.69, 9.17) is 5.11 Å². The van der Waals surface area contributed by atoms with E-state index in [1.54, 1.807) is 6.07 Å². The molecule has 1 aromatic rings. The van der Waals surface area contributed by atoms with Crippen molar-refractivity contribution in [1.29, 1.82) is 0 Å². The quantitative estimate of drug-likeness (QED) is 0.328. The largest absolute Gasteiger partial charge is 0.478 e. The Kier molecular flexibility index (Phi) is 8.95. The average Bonchev–Trinajstić information content (AvgIpc) is 3.42. The van der Waals surface area contributed by atoms with Gasteiger partial charge in [-0.1, -0.05) is 87.6 Å². The number of benzene rings is 1. The van der Waals surface area contributed by atoms with Crippen LogP contribution < -0.4 is 0 Å². The molecule has 0 aliphatic heterocycles. The number of aromatic carboxylic acids is 1. The number of allylic oxidation sites excluding steroid dienone is 6. The fourth-order valence-corrected chi connectivity index (χ4v) is 3.27. The Morgan fingerprint density at radius 2 is 1.85 bits per heavy atom. The van der Waals surface area contributed by atoms with E-state index in [-0.39, 0.29) is 0 Å². The van der Waals surface area contributed by atoms with Crippen molar-refractivity contribution in [2.45, 2.75) is 64.2 Å². The number of carboxylic acids is 1. The number of carbonyl (C=O) groups is 1. The van der Waals surface area contributed by atoms with E-state index in [0.29, 0.717) is 17.4 Å². The molecule has 2 nitrogen and oxygen atoms in total. The van der Waals surface area contributed by atoms with Crippen LogP contribution in [0.15, 0.2) is 60.7 Å². The standard InChI is InChI=1S/C24H32O2/c1-2-3-4-5-6-7-8-9-10-11-12-13-15-21-19-23(21)20-16-14-17-22(18-20)24(25)26/h9-18,21,23H,2-8,19H2,1H3,(H,25,26)/b10-9+,12-11+,15-13+. The Morgan fingerprint density at radius 3 is 2.65 bits per heavy atom. The van der Waals surface area contributed by atoms with Gasteiger partial charge in [0.2, 0.25) is 0 Å². The van der Waals surface area contributed by atoms with Crippen LogP contribution in [0.2, 0.25) is 0 Å². The van der Waals surface area contributed by atoms with Crippen molar-refractivity contribution in [3.8, 4) is 0 Å². The van der Waals surface area contributed by atoms with E-state index in [2.05, 4.69) is 43.4 Å².